The molecule has 0 bridgehead atoms. The summed E-state index contributed by atoms with van der Waals surface area (Å²) in [6, 6.07) is 0. The molecule has 86 valence electrons. The molecule has 0 aromatic heterocycles. The summed E-state index contributed by atoms with van der Waals surface area (Å²) < 4.78 is 5.11. The second-order valence-corrected chi connectivity index (χ2v) is 4.30. The van der Waals surface area contributed by atoms with E-state index < -0.39 is 11.7 Å². The average molecular weight is 231 g/mol. The van der Waals surface area contributed by atoms with Gasteiger partial charge in [-0.25, -0.2) is 9.80 Å². The highest BCUT2D eigenvalue weighted by molar-refractivity contribution is 7.80. The van der Waals surface area contributed by atoms with Gasteiger partial charge in [0.1, 0.15) is 5.60 Å². The van der Waals surface area contributed by atoms with Gasteiger partial charge in [0, 0.05) is 0 Å². The molecule has 1 amide bonds. The summed E-state index contributed by atoms with van der Waals surface area (Å²) in [7, 11) is 0. The predicted molar refractivity (Wildman–Crippen MR) is 63.1 cm³/mol. The largest absolute Gasteiger partial charge is 0.442 e. The summed E-state index contributed by atoms with van der Waals surface area (Å²) in [6.07, 6.45) is 0.991. The maximum absolute atomic E-state index is 11.6. The standard InChI is InChI=1S/C9H17N3O2S/c1-5-6-12(11-7(10)15)8(13)14-9(2,3)4/h5H,1,6H2,2-4H3,(H3,10,11,15). The number of thiocarbonyl (C=S) groups is 1. The Bertz CT molecular complexity index is 261. The van der Waals surface area contributed by atoms with Crippen LogP contribution in [0, 0.1) is 0 Å². The van der Waals surface area contributed by atoms with Crippen LogP contribution in [0.1, 0.15) is 20.8 Å². The fourth-order valence-electron chi connectivity index (χ4n) is 0.745. The molecular formula is C9H17N3O2S. The lowest BCUT2D eigenvalue weighted by Gasteiger charge is -2.26. The first-order chi connectivity index (χ1) is 6.76. The molecule has 0 atom stereocenters. The Balaban J connectivity index is 4.41. The van der Waals surface area contributed by atoms with Crippen LogP contribution in [-0.4, -0.2) is 28.4 Å². The average Bonchev–Trinajstić information content (AvgIpc) is 1.99. The number of rotatable bonds is 2. The summed E-state index contributed by atoms with van der Waals surface area (Å²) in [5.41, 5.74) is 7.20. The van der Waals surface area contributed by atoms with Crippen molar-refractivity contribution in [2.24, 2.45) is 5.73 Å². The third kappa shape index (κ3) is 6.73. The maximum atomic E-state index is 11.6. The molecule has 0 saturated carbocycles. The minimum Gasteiger partial charge on any atom is -0.442 e. The number of hydrazine groups is 1. The fraction of sp³-hybridized carbons (Fsp3) is 0.556. The van der Waals surface area contributed by atoms with Crippen LogP contribution in [-0.2, 0) is 4.74 Å². The third-order valence-corrected chi connectivity index (χ3v) is 1.26. The van der Waals surface area contributed by atoms with Crippen molar-refractivity contribution in [3.05, 3.63) is 12.7 Å². The Morgan fingerprint density at radius 2 is 2.20 bits per heavy atom. The maximum Gasteiger partial charge on any atom is 0.429 e. The molecule has 0 aromatic rings. The van der Waals surface area contributed by atoms with Crippen LogP contribution in [0.2, 0.25) is 0 Å². The van der Waals surface area contributed by atoms with E-state index in [1.165, 1.54) is 6.08 Å². The molecule has 0 heterocycles. The summed E-state index contributed by atoms with van der Waals surface area (Å²) >= 11 is 4.63. The van der Waals surface area contributed by atoms with Gasteiger partial charge in [0.2, 0.25) is 0 Å². The zero-order chi connectivity index (χ0) is 12.1. The molecular weight excluding hydrogens is 214 g/mol. The summed E-state index contributed by atoms with van der Waals surface area (Å²) in [6.45, 7) is 9.10. The normalized spacial score (nSPS) is 10.3. The van der Waals surface area contributed by atoms with Gasteiger partial charge in [0.25, 0.3) is 0 Å². The van der Waals surface area contributed by atoms with Gasteiger partial charge in [-0.05, 0) is 33.0 Å². The van der Waals surface area contributed by atoms with Crippen molar-refractivity contribution in [2.45, 2.75) is 26.4 Å². The van der Waals surface area contributed by atoms with Crippen molar-refractivity contribution in [2.75, 3.05) is 6.54 Å². The van der Waals surface area contributed by atoms with Gasteiger partial charge in [0.05, 0.1) is 6.54 Å². The lowest BCUT2D eigenvalue weighted by Crippen LogP contribution is -2.50. The highest BCUT2D eigenvalue weighted by Gasteiger charge is 2.21. The number of ether oxygens (including phenoxy) is 1. The Kier molecular flexibility index (Phi) is 5.07. The van der Waals surface area contributed by atoms with E-state index in [4.69, 9.17) is 10.5 Å². The molecule has 0 aromatic carbocycles. The minimum atomic E-state index is -0.561. The number of nitrogens with two attached hydrogens (primary N) is 1. The van der Waals surface area contributed by atoms with Crippen LogP contribution in [0.5, 0.6) is 0 Å². The van der Waals surface area contributed by atoms with Gasteiger partial charge in [-0.2, -0.15) is 0 Å². The van der Waals surface area contributed by atoms with E-state index in [0.29, 0.717) is 0 Å². The second kappa shape index (κ2) is 5.55. The lowest BCUT2D eigenvalue weighted by atomic mass is 10.2. The van der Waals surface area contributed by atoms with Crippen LogP contribution in [0.25, 0.3) is 0 Å². The van der Waals surface area contributed by atoms with Crippen molar-refractivity contribution in [1.82, 2.24) is 10.4 Å². The second-order valence-electron chi connectivity index (χ2n) is 3.86. The van der Waals surface area contributed by atoms with E-state index >= 15 is 0 Å². The first-order valence-corrected chi connectivity index (χ1v) is 4.84. The van der Waals surface area contributed by atoms with Gasteiger partial charge in [-0.15, -0.1) is 6.58 Å². The summed E-state index contributed by atoms with van der Waals surface area (Å²) in [5.74, 6) is 0. The molecule has 0 unspecified atom stereocenters. The quantitative estimate of drug-likeness (QED) is 0.424. The zero-order valence-corrected chi connectivity index (χ0v) is 10.1. The van der Waals surface area contributed by atoms with Crippen molar-refractivity contribution < 1.29 is 9.53 Å². The monoisotopic (exact) mass is 231 g/mol. The third-order valence-electron chi connectivity index (χ3n) is 1.17. The highest BCUT2D eigenvalue weighted by Crippen LogP contribution is 2.08. The summed E-state index contributed by atoms with van der Waals surface area (Å²) in [5, 5.41) is 1.16. The zero-order valence-electron chi connectivity index (χ0n) is 9.24. The fourth-order valence-corrected chi connectivity index (χ4v) is 0.855. The van der Waals surface area contributed by atoms with Gasteiger partial charge >= 0.3 is 6.09 Å². The van der Waals surface area contributed by atoms with Crippen LogP contribution >= 0.6 is 12.2 Å². The molecule has 0 spiro atoms. The Labute approximate surface area is 95.2 Å². The summed E-state index contributed by atoms with van der Waals surface area (Å²) in [4.78, 5) is 11.6. The van der Waals surface area contributed by atoms with E-state index in [1.54, 1.807) is 20.8 Å². The molecule has 3 N–H and O–H groups in total. The van der Waals surface area contributed by atoms with E-state index in [1.807, 2.05) is 0 Å². The van der Waals surface area contributed by atoms with Crippen LogP contribution in [0.4, 0.5) is 4.79 Å². The molecule has 0 aliphatic rings. The lowest BCUT2D eigenvalue weighted by molar-refractivity contribution is 0.0220. The Hall–Kier alpha value is -1.30. The Morgan fingerprint density at radius 3 is 2.53 bits per heavy atom. The topological polar surface area (TPSA) is 67.6 Å². The van der Waals surface area contributed by atoms with Crippen molar-refractivity contribution in [1.29, 1.82) is 0 Å². The molecule has 0 radical (unpaired) electrons. The number of nitrogens with one attached hydrogen (secondary N) is 1. The van der Waals surface area contributed by atoms with Gasteiger partial charge in [-0.3, -0.25) is 5.43 Å². The predicted octanol–water partition coefficient (Wildman–Crippen LogP) is 1.16. The number of hydrogen-bond acceptors (Lipinski definition) is 3. The van der Waals surface area contributed by atoms with Crippen LogP contribution in [0.3, 0.4) is 0 Å². The van der Waals surface area contributed by atoms with Crippen LogP contribution < -0.4 is 11.2 Å². The molecule has 0 aliphatic heterocycles. The first kappa shape index (κ1) is 13.7. The van der Waals surface area contributed by atoms with E-state index in [0.717, 1.165) is 5.01 Å². The van der Waals surface area contributed by atoms with E-state index in [-0.39, 0.29) is 11.7 Å². The SMILES string of the molecule is C=CCN(NC(N)=S)C(=O)OC(C)(C)C. The number of carbonyl (C=O) groups excluding carboxylic acids is 1. The van der Waals surface area contributed by atoms with Crippen molar-refractivity contribution in [3.8, 4) is 0 Å². The molecule has 0 aliphatic carbocycles. The van der Waals surface area contributed by atoms with Crippen LogP contribution in [0.15, 0.2) is 12.7 Å². The van der Waals surface area contributed by atoms with E-state index in [9.17, 15) is 4.79 Å². The smallest absolute Gasteiger partial charge is 0.429 e. The minimum absolute atomic E-state index is 0.00251. The number of carbonyl (C=O) groups is 1. The first-order valence-electron chi connectivity index (χ1n) is 4.44. The molecule has 15 heavy (non-hydrogen) atoms. The van der Waals surface area contributed by atoms with Gasteiger partial charge < -0.3 is 10.5 Å². The van der Waals surface area contributed by atoms with Crippen molar-refractivity contribution >= 4 is 23.4 Å². The molecule has 0 fully saturated rings. The van der Waals surface area contributed by atoms with Gasteiger partial charge in [-0.1, -0.05) is 6.08 Å². The molecule has 6 heteroatoms. The Morgan fingerprint density at radius 1 is 1.67 bits per heavy atom. The number of nitrogens with zero attached hydrogens (tertiary/aromatic N) is 1. The molecule has 5 nitrogen and oxygen atoms in total. The van der Waals surface area contributed by atoms with E-state index in [2.05, 4.69) is 24.2 Å². The molecule has 0 saturated heterocycles. The van der Waals surface area contributed by atoms with Gasteiger partial charge in [0.15, 0.2) is 5.11 Å². The molecule has 0 rings (SSSR count). The number of hydrogen-bond donors (Lipinski definition) is 2. The number of amides is 1. The highest BCUT2D eigenvalue weighted by atomic mass is 32.1. The van der Waals surface area contributed by atoms with Crippen molar-refractivity contribution in [3.63, 3.8) is 0 Å².